The minimum atomic E-state index is -4.57. The zero-order chi connectivity index (χ0) is 28.8. The van der Waals surface area contributed by atoms with Gasteiger partial charge < -0.3 is 0 Å². The van der Waals surface area contributed by atoms with E-state index in [0.29, 0.717) is 17.5 Å². The molecule has 3 aromatic rings. The number of benzene rings is 3. The molecule has 0 aliphatic carbocycles. The third-order valence-corrected chi connectivity index (χ3v) is 13.8. The second-order valence-corrected chi connectivity index (χ2v) is 15.2. The van der Waals surface area contributed by atoms with Crippen molar-refractivity contribution in [1.29, 1.82) is 0 Å². The molecule has 0 N–H and O–H groups in total. The second-order valence-electron chi connectivity index (χ2n) is 9.82. The Hall–Kier alpha value is -1.93. The molecule has 1 unspecified atom stereocenters. The quantitative estimate of drug-likeness (QED) is 0.154. The zero-order valence-electron chi connectivity index (χ0n) is 21.8. The van der Waals surface area contributed by atoms with Gasteiger partial charge in [-0.1, -0.05) is 0 Å². The molecule has 0 spiro atoms. The van der Waals surface area contributed by atoms with E-state index in [9.17, 15) is 26.3 Å². The Morgan fingerprint density at radius 1 is 0.718 bits per heavy atom. The van der Waals surface area contributed by atoms with E-state index in [1.807, 2.05) is 53.5 Å². The molecule has 1 heterocycles. The Balaban J connectivity index is 1.88. The summed E-state index contributed by atoms with van der Waals surface area (Å²) in [6.07, 6.45) is -8.55. The van der Waals surface area contributed by atoms with E-state index in [4.69, 9.17) is 4.52 Å². The average molecular weight is 633 g/mol. The van der Waals surface area contributed by atoms with Gasteiger partial charge in [-0.2, -0.15) is 0 Å². The molecule has 1 aliphatic rings. The Labute approximate surface area is 232 Å². The molecule has 39 heavy (non-hydrogen) atoms. The predicted octanol–water partition coefficient (Wildman–Crippen LogP) is 8.57. The van der Waals surface area contributed by atoms with Crippen molar-refractivity contribution < 1.29 is 30.9 Å². The van der Waals surface area contributed by atoms with Crippen LogP contribution in [-0.2, 0) is 22.5 Å². The summed E-state index contributed by atoms with van der Waals surface area (Å²) in [5.41, 5.74) is -0.830. The molecule has 1 aliphatic heterocycles. The molecule has 4 rings (SSSR count). The standard InChI is InChI=1S/C28H29F6N2OPSe/c1-5-26(2,21-13-7-6-8-14-21)37-38(39)35(3)24(19-11-9-15-22(17-19)27(29,30)31)25(36(38)4)20-12-10-16-23(18-20)28(32,33)34/h6-18,24-25H,5H2,1-4H3/t24-,25-,26?/m0/s1. The van der Waals surface area contributed by atoms with Crippen molar-refractivity contribution in [3.63, 3.8) is 0 Å². The Morgan fingerprint density at radius 2 is 1.13 bits per heavy atom. The summed E-state index contributed by atoms with van der Waals surface area (Å²) in [5.74, 6) is 0. The van der Waals surface area contributed by atoms with Crippen LogP contribution in [-0.4, -0.2) is 38.5 Å². The summed E-state index contributed by atoms with van der Waals surface area (Å²) >= 11 is 3.20. The van der Waals surface area contributed by atoms with Crippen molar-refractivity contribution in [3.05, 3.63) is 107 Å². The van der Waals surface area contributed by atoms with Crippen LogP contribution in [0, 0.1) is 0 Å². The molecule has 0 radical (unpaired) electrons. The van der Waals surface area contributed by atoms with Crippen LogP contribution in [0.2, 0.25) is 0 Å². The van der Waals surface area contributed by atoms with Gasteiger partial charge in [0.25, 0.3) is 0 Å². The third kappa shape index (κ3) is 5.79. The molecule has 1 saturated heterocycles. The van der Waals surface area contributed by atoms with E-state index in [-0.39, 0.29) is 0 Å². The fourth-order valence-electron chi connectivity index (χ4n) is 5.04. The van der Waals surface area contributed by atoms with Gasteiger partial charge in [-0.25, -0.2) is 0 Å². The van der Waals surface area contributed by atoms with Crippen molar-refractivity contribution in [2.45, 2.75) is 50.3 Å². The monoisotopic (exact) mass is 634 g/mol. The third-order valence-electron chi connectivity index (χ3n) is 7.39. The van der Waals surface area contributed by atoms with Crippen LogP contribution in [0.25, 0.3) is 0 Å². The van der Waals surface area contributed by atoms with Crippen LogP contribution in [0.5, 0.6) is 0 Å². The van der Waals surface area contributed by atoms with Crippen LogP contribution in [0.3, 0.4) is 0 Å². The fraction of sp³-hybridized carbons (Fsp3) is 0.357. The molecular weight excluding hydrogens is 604 g/mol. The van der Waals surface area contributed by atoms with Crippen LogP contribution >= 0.6 is 6.04 Å². The first-order valence-corrected chi connectivity index (χ1v) is 16.1. The SMILES string of the molecule is CCC(C)(OP1(=[Se])N(C)[C@@H](c2cccc(C(F)(F)F)c2)[C@H](c2cccc(C(F)(F)F)c2)N1C)c1ccccc1. The van der Waals surface area contributed by atoms with E-state index in [1.165, 1.54) is 12.1 Å². The van der Waals surface area contributed by atoms with Gasteiger partial charge in [-0.3, -0.25) is 0 Å². The molecule has 210 valence electrons. The number of likely N-dealkylation sites (N-methyl/N-ethyl adjacent to an activating group) is 2. The van der Waals surface area contributed by atoms with Crippen molar-refractivity contribution in [3.8, 4) is 0 Å². The summed E-state index contributed by atoms with van der Waals surface area (Å²) in [6.45, 7) is 3.92. The first kappa shape index (κ1) is 30.0. The first-order chi connectivity index (χ1) is 18.1. The maximum atomic E-state index is 13.7. The van der Waals surface area contributed by atoms with E-state index in [0.717, 1.165) is 29.8 Å². The van der Waals surface area contributed by atoms with Gasteiger partial charge in [-0.15, -0.1) is 0 Å². The second kappa shape index (κ2) is 10.8. The minimum absolute atomic E-state index is 0.334. The summed E-state index contributed by atoms with van der Waals surface area (Å²) in [6, 6.07) is 15.2. The molecule has 1 fully saturated rings. The van der Waals surface area contributed by atoms with E-state index in [2.05, 4.69) is 15.1 Å². The first-order valence-electron chi connectivity index (χ1n) is 12.3. The van der Waals surface area contributed by atoms with Gasteiger partial charge in [0.2, 0.25) is 0 Å². The molecular formula is C28H29F6N2OPSe. The summed E-state index contributed by atoms with van der Waals surface area (Å²) < 4.78 is 92.6. The number of nitrogens with zero attached hydrogens (tertiary/aromatic N) is 2. The van der Waals surface area contributed by atoms with E-state index in [1.54, 1.807) is 26.2 Å². The number of hydrogen-bond donors (Lipinski definition) is 0. The number of hydrogen-bond acceptors (Lipinski definition) is 3. The van der Waals surface area contributed by atoms with E-state index >= 15 is 0 Å². The molecule has 0 bridgehead atoms. The van der Waals surface area contributed by atoms with Gasteiger partial charge in [0.05, 0.1) is 0 Å². The number of alkyl halides is 6. The van der Waals surface area contributed by atoms with Gasteiger partial charge in [0, 0.05) is 0 Å². The zero-order valence-corrected chi connectivity index (χ0v) is 24.4. The van der Waals surface area contributed by atoms with Gasteiger partial charge >= 0.3 is 232 Å². The maximum absolute atomic E-state index is 13.7. The molecule has 11 heteroatoms. The van der Waals surface area contributed by atoms with Gasteiger partial charge in [-0.05, 0) is 0 Å². The normalized spacial score (nSPS) is 22.1. The van der Waals surface area contributed by atoms with Crippen LogP contribution < -0.4 is 0 Å². The molecule has 3 atom stereocenters. The van der Waals surface area contributed by atoms with Crippen molar-refractivity contribution in [2.24, 2.45) is 0 Å². The topological polar surface area (TPSA) is 15.7 Å². The summed E-state index contributed by atoms with van der Waals surface area (Å²) in [7, 11) is 3.50. The van der Waals surface area contributed by atoms with Gasteiger partial charge in [0.1, 0.15) is 0 Å². The summed E-state index contributed by atoms with van der Waals surface area (Å²) in [5, 5.41) is 0. The van der Waals surface area contributed by atoms with Crippen LogP contribution in [0.1, 0.15) is 60.2 Å². The average Bonchev–Trinajstić information content (AvgIpc) is 3.09. The molecule has 0 amide bonds. The van der Waals surface area contributed by atoms with Crippen LogP contribution in [0.4, 0.5) is 26.3 Å². The molecule has 0 saturated carbocycles. The van der Waals surface area contributed by atoms with E-state index < -0.39 is 47.2 Å². The summed E-state index contributed by atoms with van der Waals surface area (Å²) in [4.78, 5) is 0. The Kier molecular flexibility index (Phi) is 8.32. The van der Waals surface area contributed by atoms with Crippen molar-refractivity contribution >= 4 is 21.1 Å². The Morgan fingerprint density at radius 3 is 1.51 bits per heavy atom. The number of rotatable bonds is 6. The van der Waals surface area contributed by atoms with Crippen LogP contribution in [0.15, 0.2) is 78.9 Å². The Bertz CT molecular complexity index is 1290. The fourth-order valence-corrected chi connectivity index (χ4v) is 9.97. The molecule has 0 aromatic heterocycles. The predicted molar refractivity (Wildman–Crippen MR) is 142 cm³/mol. The molecule has 3 nitrogen and oxygen atoms in total. The van der Waals surface area contributed by atoms with Gasteiger partial charge in [0.15, 0.2) is 0 Å². The number of halogens is 6. The molecule has 3 aromatic carbocycles. The van der Waals surface area contributed by atoms with Crippen molar-refractivity contribution in [1.82, 2.24) is 9.34 Å². The van der Waals surface area contributed by atoms with Crippen molar-refractivity contribution in [2.75, 3.05) is 14.1 Å².